The summed E-state index contributed by atoms with van der Waals surface area (Å²) >= 11 is 1.77. The zero-order valence-corrected chi connectivity index (χ0v) is 12.9. The van der Waals surface area contributed by atoms with Gasteiger partial charge in [0.15, 0.2) is 0 Å². The summed E-state index contributed by atoms with van der Waals surface area (Å²) in [4.78, 5) is 0. The van der Waals surface area contributed by atoms with Gasteiger partial charge in [0.25, 0.3) is 0 Å². The monoisotopic (exact) mass is 285 g/mol. The van der Waals surface area contributed by atoms with Gasteiger partial charge in [-0.1, -0.05) is 12.8 Å². The van der Waals surface area contributed by atoms with E-state index in [1.807, 2.05) is 0 Å². The van der Waals surface area contributed by atoms with Crippen LogP contribution in [-0.2, 0) is 4.74 Å². The predicted octanol–water partition coefficient (Wildman–Crippen LogP) is 2.04. The van der Waals surface area contributed by atoms with Gasteiger partial charge in [0.05, 0.1) is 12.7 Å². The normalized spacial score (nSPS) is 39.0. The van der Waals surface area contributed by atoms with Gasteiger partial charge in [0, 0.05) is 35.3 Å². The van der Waals surface area contributed by atoms with Crippen LogP contribution in [0.5, 0.6) is 0 Å². The molecule has 5 unspecified atom stereocenters. The molecule has 3 fully saturated rings. The Morgan fingerprint density at radius 3 is 2.79 bits per heavy atom. The number of fused-ring (bicyclic) bond motifs is 2. The van der Waals surface area contributed by atoms with Crippen LogP contribution in [-0.4, -0.2) is 48.0 Å². The van der Waals surface area contributed by atoms with Crippen molar-refractivity contribution in [1.29, 1.82) is 0 Å². The third kappa shape index (κ3) is 2.15. The number of thioether (sulfide) groups is 1. The number of ether oxygens (including phenoxy) is 1. The van der Waals surface area contributed by atoms with Crippen molar-refractivity contribution in [3.05, 3.63) is 0 Å². The molecule has 3 aliphatic rings. The number of hydrogen-bond acceptors (Lipinski definition) is 4. The molecular formula is C15H27NO2S. The van der Waals surface area contributed by atoms with Gasteiger partial charge in [-0.05, 0) is 32.4 Å². The predicted molar refractivity (Wildman–Crippen MR) is 79.5 cm³/mol. The molecule has 1 heterocycles. The number of rotatable bonds is 5. The van der Waals surface area contributed by atoms with Crippen LogP contribution in [0.15, 0.2) is 0 Å². The van der Waals surface area contributed by atoms with Gasteiger partial charge >= 0.3 is 0 Å². The lowest BCUT2D eigenvalue weighted by molar-refractivity contribution is -0.132. The van der Waals surface area contributed by atoms with Crippen molar-refractivity contribution in [1.82, 2.24) is 5.32 Å². The van der Waals surface area contributed by atoms with Crippen LogP contribution in [0.25, 0.3) is 0 Å². The van der Waals surface area contributed by atoms with Crippen molar-refractivity contribution in [2.45, 2.75) is 62.5 Å². The summed E-state index contributed by atoms with van der Waals surface area (Å²) in [6.45, 7) is 3.44. The highest BCUT2D eigenvalue weighted by Gasteiger charge is 2.64. The number of aliphatic hydroxyl groups excluding tert-OH is 1. The van der Waals surface area contributed by atoms with Gasteiger partial charge in [-0.25, -0.2) is 0 Å². The van der Waals surface area contributed by atoms with E-state index in [0.29, 0.717) is 28.9 Å². The fourth-order valence-electron chi connectivity index (χ4n) is 4.77. The van der Waals surface area contributed by atoms with E-state index in [9.17, 15) is 5.11 Å². The molecule has 0 aromatic rings. The Hall–Kier alpha value is 0.230. The Bertz CT molecular complexity index is 315. The molecule has 110 valence electrons. The molecule has 0 aromatic heterocycles. The SMILES string of the molecule is CSC(CO)C(C)NC1C2CCOC2C12CCCC2. The van der Waals surface area contributed by atoms with Crippen molar-refractivity contribution >= 4 is 11.8 Å². The molecule has 2 saturated carbocycles. The molecule has 0 amide bonds. The summed E-state index contributed by atoms with van der Waals surface area (Å²) in [6.07, 6.45) is 9.24. The summed E-state index contributed by atoms with van der Waals surface area (Å²) in [5, 5.41) is 13.6. The average Bonchev–Trinajstić information content (AvgIpc) is 3.05. The largest absolute Gasteiger partial charge is 0.395 e. The Kier molecular flexibility index (Phi) is 4.14. The van der Waals surface area contributed by atoms with Gasteiger partial charge in [-0.15, -0.1) is 0 Å². The van der Waals surface area contributed by atoms with E-state index in [-0.39, 0.29) is 6.61 Å². The molecule has 3 nitrogen and oxygen atoms in total. The van der Waals surface area contributed by atoms with E-state index >= 15 is 0 Å². The molecule has 4 heteroatoms. The van der Waals surface area contributed by atoms with Crippen LogP contribution in [0.4, 0.5) is 0 Å². The minimum atomic E-state index is 0.264. The highest BCUT2D eigenvalue weighted by atomic mass is 32.2. The molecule has 0 radical (unpaired) electrons. The van der Waals surface area contributed by atoms with E-state index in [2.05, 4.69) is 18.5 Å². The number of nitrogens with one attached hydrogen (secondary N) is 1. The van der Waals surface area contributed by atoms with Crippen LogP contribution in [0.2, 0.25) is 0 Å². The zero-order valence-electron chi connectivity index (χ0n) is 12.1. The van der Waals surface area contributed by atoms with Crippen molar-refractivity contribution < 1.29 is 9.84 Å². The maximum absolute atomic E-state index is 9.46. The highest BCUT2D eigenvalue weighted by molar-refractivity contribution is 7.99. The van der Waals surface area contributed by atoms with E-state index < -0.39 is 0 Å². The Morgan fingerprint density at radius 1 is 1.42 bits per heavy atom. The molecule has 1 aliphatic heterocycles. The topological polar surface area (TPSA) is 41.5 Å². The fraction of sp³-hybridized carbons (Fsp3) is 1.00. The third-order valence-electron chi connectivity index (χ3n) is 5.77. The Balaban J connectivity index is 1.69. The molecule has 1 saturated heterocycles. The van der Waals surface area contributed by atoms with Gasteiger partial charge < -0.3 is 15.2 Å². The standard InChI is InChI=1S/C15H27NO2S/c1-10(12(9-17)19-2)16-13-11-5-8-18-14(11)15(13)6-3-4-7-15/h10-14,16-17H,3-9H2,1-2H3. The third-order valence-corrected chi connectivity index (χ3v) is 6.93. The minimum Gasteiger partial charge on any atom is -0.395 e. The van der Waals surface area contributed by atoms with Crippen LogP contribution in [0.1, 0.15) is 39.0 Å². The Morgan fingerprint density at radius 2 is 2.16 bits per heavy atom. The molecule has 2 aliphatic carbocycles. The smallest absolute Gasteiger partial charge is 0.0690 e. The van der Waals surface area contributed by atoms with Crippen molar-refractivity contribution in [2.75, 3.05) is 19.5 Å². The summed E-state index contributed by atoms with van der Waals surface area (Å²) in [6, 6.07) is 1.00. The van der Waals surface area contributed by atoms with E-state index in [1.54, 1.807) is 11.8 Å². The quantitative estimate of drug-likeness (QED) is 0.811. The minimum absolute atomic E-state index is 0.264. The first-order valence-corrected chi connectivity index (χ1v) is 9.03. The van der Waals surface area contributed by atoms with Gasteiger partial charge in [-0.2, -0.15) is 11.8 Å². The van der Waals surface area contributed by atoms with Gasteiger partial charge in [0.1, 0.15) is 0 Å². The second kappa shape index (κ2) is 5.55. The molecule has 2 N–H and O–H groups in total. The zero-order chi connectivity index (χ0) is 13.5. The lowest BCUT2D eigenvalue weighted by Gasteiger charge is -2.58. The molecule has 1 spiro atoms. The van der Waals surface area contributed by atoms with Crippen LogP contribution in [0, 0.1) is 11.3 Å². The molecule has 5 atom stereocenters. The van der Waals surface area contributed by atoms with Gasteiger partial charge in [-0.3, -0.25) is 0 Å². The van der Waals surface area contributed by atoms with Gasteiger partial charge in [0.2, 0.25) is 0 Å². The Labute approximate surface area is 120 Å². The summed E-state index contributed by atoms with van der Waals surface area (Å²) in [7, 11) is 0. The molecule has 0 aromatic carbocycles. The van der Waals surface area contributed by atoms with E-state index in [1.165, 1.54) is 32.1 Å². The fourth-order valence-corrected chi connectivity index (χ4v) is 5.41. The van der Waals surface area contributed by atoms with E-state index in [4.69, 9.17) is 4.74 Å². The van der Waals surface area contributed by atoms with Crippen LogP contribution >= 0.6 is 11.8 Å². The first-order chi connectivity index (χ1) is 9.23. The maximum atomic E-state index is 9.46. The molecule has 3 rings (SSSR count). The lowest BCUT2D eigenvalue weighted by Crippen LogP contribution is -2.69. The van der Waals surface area contributed by atoms with Crippen molar-refractivity contribution in [3.63, 3.8) is 0 Å². The maximum Gasteiger partial charge on any atom is 0.0690 e. The molecule has 0 bridgehead atoms. The van der Waals surface area contributed by atoms with Crippen molar-refractivity contribution in [3.8, 4) is 0 Å². The summed E-state index contributed by atoms with van der Waals surface area (Å²) in [5.41, 5.74) is 0.424. The first-order valence-electron chi connectivity index (χ1n) is 7.74. The van der Waals surface area contributed by atoms with Crippen LogP contribution in [0.3, 0.4) is 0 Å². The number of aliphatic hydroxyl groups is 1. The highest BCUT2D eigenvalue weighted by Crippen LogP contribution is 2.60. The summed E-state index contributed by atoms with van der Waals surface area (Å²) in [5.74, 6) is 0.724. The van der Waals surface area contributed by atoms with E-state index in [0.717, 1.165) is 12.5 Å². The summed E-state index contributed by atoms with van der Waals surface area (Å²) < 4.78 is 6.02. The molecular weight excluding hydrogens is 258 g/mol. The first kappa shape index (κ1) is 14.2. The van der Waals surface area contributed by atoms with Crippen molar-refractivity contribution in [2.24, 2.45) is 11.3 Å². The van der Waals surface area contributed by atoms with Crippen LogP contribution < -0.4 is 5.32 Å². The second-order valence-corrected chi connectivity index (χ2v) is 7.65. The molecule has 19 heavy (non-hydrogen) atoms. The average molecular weight is 285 g/mol. The lowest BCUT2D eigenvalue weighted by atomic mass is 9.54. The number of hydrogen-bond donors (Lipinski definition) is 2. The second-order valence-electron chi connectivity index (χ2n) is 6.57.